The van der Waals surface area contributed by atoms with Crippen LogP contribution in [-0.4, -0.2) is 80.3 Å². The highest BCUT2D eigenvalue weighted by molar-refractivity contribution is 7.89. The van der Waals surface area contributed by atoms with E-state index in [1.165, 1.54) is 23.5 Å². The monoisotopic (exact) mass is 396 g/mol. The molecule has 0 radical (unpaired) electrons. The summed E-state index contributed by atoms with van der Waals surface area (Å²) < 4.78 is 31.9. The highest BCUT2D eigenvalue weighted by atomic mass is 32.2. The van der Waals surface area contributed by atoms with Gasteiger partial charge < -0.3 is 9.64 Å². The average Bonchev–Trinajstić information content (AvgIpc) is 2.98. The van der Waals surface area contributed by atoms with E-state index < -0.39 is 10.0 Å². The molecule has 0 aromatic heterocycles. The molecule has 9 nitrogen and oxygen atoms in total. The molecule has 148 valence electrons. The van der Waals surface area contributed by atoms with Crippen LogP contribution in [0.15, 0.2) is 29.2 Å². The summed E-state index contributed by atoms with van der Waals surface area (Å²) in [7, 11) is -2.08. The van der Waals surface area contributed by atoms with E-state index in [-0.39, 0.29) is 42.4 Å². The minimum absolute atomic E-state index is 0.0295. The number of nitrogens with one attached hydrogen (secondary N) is 1. The van der Waals surface area contributed by atoms with Crippen molar-refractivity contribution >= 4 is 21.8 Å². The summed E-state index contributed by atoms with van der Waals surface area (Å²) in [6.45, 7) is 3.10. The van der Waals surface area contributed by atoms with Crippen molar-refractivity contribution in [1.82, 2.24) is 19.6 Å². The maximum absolute atomic E-state index is 12.7. The Kier molecular flexibility index (Phi) is 5.68. The van der Waals surface area contributed by atoms with Crippen LogP contribution in [0.3, 0.4) is 0 Å². The Balaban J connectivity index is 1.57. The van der Waals surface area contributed by atoms with Crippen molar-refractivity contribution in [3.8, 4) is 5.75 Å². The average molecular weight is 396 g/mol. The van der Waals surface area contributed by atoms with Crippen LogP contribution in [0.2, 0.25) is 0 Å². The normalized spacial score (nSPS) is 21.9. The molecule has 2 amide bonds. The van der Waals surface area contributed by atoms with Gasteiger partial charge in [-0.15, -0.1) is 0 Å². The lowest BCUT2D eigenvalue weighted by Gasteiger charge is -2.35. The van der Waals surface area contributed by atoms with Crippen molar-refractivity contribution in [2.45, 2.75) is 24.3 Å². The summed E-state index contributed by atoms with van der Waals surface area (Å²) in [5.74, 6) is 0.379. The second-order valence-electron chi connectivity index (χ2n) is 6.68. The van der Waals surface area contributed by atoms with Crippen molar-refractivity contribution in [1.29, 1.82) is 0 Å². The van der Waals surface area contributed by atoms with E-state index in [0.717, 1.165) is 0 Å². The van der Waals surface area contributed by atoms with Crippen LogP contribution in [0.1, 0.15) is 13.3 Å². The number of amides is 2. The molecule has 1 N–H and O–H groups in total. The minimum atomic E-state index is -3.60. The summed E-state index contributed by atoms with van der Waals surface area (Å²) in [5, 5.41) is 1.63. The van der Waals surface area contributed by atoms with Gasteiger partial charge in [-0.05, 0) is 31.2 Å². The van der Waals surface area contributed by atoms with Crippen molar-refractivity contribution in [2.24, 2.45) is 0 Å². The highest BCUT2D eigenvalue weighted by Crippen LogP contribution is 2.21. The number of hydrazine groups is 1. The third-order valence-electron chi connectivity index (χ3n) is 4.88. The summed E-state index contributed by atoms with van der Waals surface area (Å²) in [6.07, 6.45) is 0.376. The van der Waals surface area contributed by atoms with Gasteiger partial charge in [-0.1, -0.05) is 0 Å². The molecule has 10 heteroatoms. The number of nitrogens with zero attached hydrogens (tertiary/aromatic N) is 3. The fourth-order valence-corrected chi connectivity index (χ4v) is 4.63. The Hall–Kier alpha value is -2.17. The maximum atomic E-state index is 12.7. The third kappa shape index (κ3) is 4.23. The van der Waals surface area contributed by atoms with E-state index in [2.05, 4.69) is 5.43 Å². The van der Waals surface area contributed by atoms with Gasteiger partial charge in [-0.3, -0.25) is 15.0 Å². The van der Waals surface area contributed by atoms with Crippen molar-refractivity contribution in [2.75, 3.05) is 39.8 Å². The van der Waals surface area contributed by atoms with Crippen LogP contribution < -0.4 is 10.2 Å². The van der Waals surface area contributed by atoms with Crippen LogP contribution >= 0.6 is 0 Å². The molecule has 1 unspecified atom stereocenters. The molecular formula is C17H24N4O5S. The standard InChI is InChI=1S/C17H24N4O5S/c1-13-11-16(22)18-21(13)12-17(23)19-7-9-20(10-8-19)27(24,25)15-5-3-14(26-2)4-6-15/h3-6,13H,7-12H2,1-2H3,(H,18,22). The van der Waals surface area contributed by atoms with Gasteiger partial charge in [0.1, 0.15) is 5.75 Å². The number of carbonyl (C=O) groups is 2. The molecule has 1 aromatic rings. The van der Waals surface area contributed by atoms with Gasteiger partial charge in [0, 0.05) is 38.6 Å². The van der Waals surface area contributed by atoms with Crippen LogP contribution in [-0.2, 0) is 19.6 Å². The Morgan fingerprint density at radius 3 is 2.33 bits per heavy atom. The molecule has 0 saturated carbocycles. The number of hydrogen-bond acceptors (Lipinski definition) is 6. The number of carbonyl (C=O) groups excluding carboxylic acids is 2. The molecule has 27 heavy (non-hydrogen) atoms. The first-order chi connectivity index (χ1) is 12.8. The van der Waals surface area contributed by atoms with Gasteiger partial charge in [0.2, 0.25) is 21.8 Å². The predicted octanol–water partition coefficient (Wildman–Crippen LogP) is -0.346. The van der Waals surface area contributed by atoms with E-state index in [1.54, 1.807) is 22.0 Å². The zero-order valence-electron chi connectivity index (χ0n) is 15.4. The molecule has 2 aliphatic rings. The first kappa shape index (κ1) is 19.6. The van der Waals surface area contributed by atoms with Gasteiger partial charge in [0.05, 0.1) is 18.6 Å². The minimum Gasteiger partial charge on any atom is -0.497 e. The lowest BCUT2D eigenvalue weighted by Crippen LogP contribution is -2.53. The van der Waals surface area contributed by atoms with Crippen molar-refractivity contribution < 1.29 is 22.7 Å². The number of piperazine rings is 1. The van der Waals surface area contributed by atoms with Gasteiger partial charge in [0.25, 0.3) is 0 Å². The lowest BCUT2D eigenvalue weighted by molar-refractivity contribution is -0.134. The highest BCUT2D eigenvalue weighted by Gasteiger charge is 2.33. The lowest BCUT2D eigenvalue weighted by atomic mass is 10.2. The Morgan fingerprint density at radius 2 is 1.81 bits per heavy atom. The van der Waals surface area contributed by atoms with Gasteiger partial charge >= 0.3 is 0 Å². The van der Waals surface area contributed by atoms with E-state index in [1.807, 2.05) is 6.92 Å². The van der Waals surface area contributed by atoms with E-state index in [0.29, 0.717) is 25.3 Å². The molecule has 2 aliphatic heterocycles. The molecule has 2 fully saturated rings. The molecule has 1 atom stereocenters. The Morgan fingerprint density at radius 1 is 1.19 bits per heavy atom. The molecule has 0 spiro atoms. The summed E-state index contributed by atoms with van der Waals surface area (Å²) in [6, 6.07) is 6.22. The summed E-state index contributed by atoms with van der Waals surface area (Å²) in [5.41, 5.74) is 2.67. The molecular weight excluding hydrogens is 372 g/mol. The number of rotatable bonds is 5. The molecule has 3 rings (SSSR count). The van der Waals surface area contributed by atoms with Crippen LogP contribution in [0.25, 0.3) is 0 Å². The van der Waals surface area contributed by atoms with E-state index in [9.17, 15) is 18.0 Å². The molecule has 1 aromatic carbocycles. The number of methoxy groups -OCH3 is 1. The zero-order valence-corrected chi connectivity index (χ0v) is 16.2. The number of benzene rings is 1. The SMILES string of the molecule is COc1ccc(S(=O)(=O)N2CCN(C(=O)CN3NC(=O)CC3C)CC2)cc1. The quantitative estimate of drug-likeness (QED) is 0.731. The third-order valence-corrected chi connectivity index (χ3v) is 6.79. The second-order valence-corrected chi connectivity index (χ2v) is 8.61. The molecule has 0 aliphatic carbocycles. The van der Waals surface area contributed by atoms with Crippen LogP contribution in [0, 0.1) is 0 Å². The van der Waals surface area contributed by atoms with Crippen LogP contribution in [0.4, 0.5) is 0 Å². The maximum Gasteiger partial charge on any atom is 0.243 e. The number of hydrogen-bond donors (Lipinski definition) is 1. The zero-order chi connectivity index (χ0) is 19.6. The Labute approximate surface area is 158 Å². The topological polar surface area (TPSA) is 99.3 Å². The number of sulfonamides is 1. The molecule has 2 saturated heterocycles. The Bertz CT molecular complexity index is 803. The number of ether oxygens (including phenoxy) is 1. The second kappa shape index (κ2) is 7.83. The first-order valence-corrected chi connectivity index (χ1v) is 10.2. The van der Waals surface area contributed by atoms with Gasteiger partial charge in [0.15, 0.2) is 0 Å². The summed E-state index contributed by atoms with van der Waals surface area (Å²) >= 11 is 0. The van der Waals surface area contributed by atoms with Crippen molar-refractivity contribution in [3.63, 3.8) is 0 Å². The van der Waals surface area contributed by atoms with Crippen molar-refractivity contribution in [3.05, 3.63) is 24.3 Å². The van der Waals surface area contributed by atoms with E-state index >= 15 is 0 Å². The van der Waals surface area contributed by atoms with Gasteiger partial charge in [-0.2, -0.15) is 4.31 Å². The van der Waals surface area contributed by atoms with Crippen LogP contribution in [0.5, 0.6) is 5.75 Å². The molecule has 0 bridgehead atoms. The molecule has 2 heterocycles. The van der Waals surface area contributed by atoms with E-state index in [4.69, 9.17) is 4.74 Å². The summed E-state index contributed by atoms with van der Waals surface area (Å²) in [4.78, 5) is 25.7. The largest absolute Gasteiger partial charge is 0.497 e. The smallest absolute Gasteiger partial charge is 0.243 e. The fraction of sp³-hybridized carbons (Fsp3) is 0.529. The fourth-order valence-electron chi connectivity index (χ4n) is 3.21. The predicted molar refractivity (Wildman–Crippen MR) is 97.3 cm³/mol. The van der Waals surface area contributed by atoms with Gasteiger partial charge in [-0.25, -0.2) is 13.4 Å². The first-order valence-electron chi connectivity index (χ1n) is 8.79.